The van der Waals surface area contributed by atoms with Crippen LogP contribution < -0.4 is 4.74 Å². The van der Waals surface area contributed by atoms with Gasteiger partial charge >= 0.3 is 0 Å². The zero-order valence-electron chi connectivity index (χ0n) is 14.4. The Hall–Kier alpha value is -2.89. The number of para-hydroxylation sites is 1. The molecule has 2 amide bonds. The molecule has 1 fully saturated rings. The van der Waals surface area contributed by atoms with Crippen molar-refractivity contribution in [2.75, 3.05) is 32.8 Å². The molecular formula is C20H21FN2O3. The highest BCUT2D eigenvalue weighted by Gasteiger charge is 2.24. The summed E-state index contributed by atoms with van der Waals surface area (Å²) in [6, 6.07) is 15.5. The zero-order chi connectivity index (χ0) is 18.4. The summed E-state index contributed by atoms with van der Waals surface area (Å²) in [5, 5.41) is 0. The van der Waals surface area contributed by atoms with Crippen LogP contribution in [-0.4, -0.2) is 54.4 Å². The summed E-state index contributed by atoms with van der Waals surface area (Å²) in [4.78, 5) is 27.9. The summed E-state index contributed by atoms with van der Waals surface area (Å²) < 4.78 is 19.1. The van der Waals surface area contributed by atoms with E-state index in [0.29, 0.717) is 37.5 Å². The van der Waals surface area contributed by atoms with Crippen molar-refractivity contribution in [1.82, 2.24) is 9.80 Å². The fraction of sp³-hybridized carbons (Fsp3) is 0.300. The fourth-order valence-electron chi connectivity index (χ4n) is 2.87. The molecule has 2 aromatic carbocycles. The van der Waals surface area contributed by atoms with E-state index in [2.05, 4.69) is 0 Å². The fourth-order valence-corrected chi connectivity index (χ4v) is 2.87. The van der Waals surface area contributed by atoms with Gasteiger partial charge < -0.3 is 14.5 Å². The van der Waals surface area contributed by atoms with E-state index in [4.69, 9.17) is 4.74 Å². The van der Waals surface area contributed by atoms with Gasteiger partial charge in [-0.15, -0.1) is 0 Å². The second-order valence-corrected chi connectivity index (χ2v) is 6.13. The molecule has 0 aromatic heterocycles. The molecule has 1 aliphatic heterocycles. The van der Waals surface area contributed by atoms with Crippen molar-refractivity contribution in [3.63, 3.8) is 0 Å². The first-order chi connectivity index (χ1) is 12.6. The van der Waals surface area contributed by atoms with Crippen LogP contribution >= 0.6 is 0 Å². The van der Waals surface area contributed by atoms with E-state index < -0.39 is 0 Å². The van der Waals surface area contributed by atoms with Crippen LogP contribution in [0.25, 0.3) is 0 Å². The molecule has 1 saturated heterocycles. The van der Waals surface area contributed by atoms with E-state index in [9.17, 15) is 14.0 Å². The molecule has 0 bridgehead atoms. The Bertz CT molecular complexity index is 759. The molecule has 0 atom stereocenters. The number of carbonyl (C=O) groups is 2. The predicted octanol–water partition coefficient (Wildman–Crippen LogP) is 2.12. The summed E-state index contributed by atoms with van der Waals surface area (Å²) >= 11 is 0. The summed E-state index contributed by atoms with van der Waals surface area (Å²) in [5.41, 5.74) is 0.396. The Morgan fingerprint density at radius 1 is 0.846 bits per heavy atom. The molecule has 6 heteroatoms. The van der Waals surface area contributed by atoms with Crippen LogP contribution in [0.3, 0.4) is 0 Å². The molecular weight excluding hydrogens is 335 g/mol. The van der Waals surface area contributed by atoms with Gasteiger partial charge in [-0.3, -0.25) is 9.59 Å². The van der Waals surface area contributed by atoms with Crippen LogP contribution in [-0.2, 0) is 16.0 Å². The Morgan fingerprint density at radius 2 is 1.42 bits per heavy atom. The van der Waals surface area contributed by atoms with Gasteiger partial charge in [0.15, 0.2) is 6.61 Å². The maximum atomic E-state index is 13.7. The van der Waals surface area contributed by atoms with Crippen molar-refractivity contribution in [3.05, 3.63) is 66.0 Å². The van der Waals surface area contributed by atoms with Crippen molar-refractivity contribution >= 4 is 11.8 Å². The van der Waals surface area contributed by atoms with E-state index >= 15 is 0 Å². The Balaban J connectivity index is 1.45. The van der Waals surface area contributed by atoms with Crippen LogP contribution in [0.4, 0.5) is 4.39 Å². The Morgan fingerprint density at radius 3 is 2.08 bits per heavy atom. The van der Waals surface area contributed by atoms with Gasteiger partial charge in [0, 0.05) is 26.2 Å². The van der Waals surface area contributed by atoms with E-state index in [1.54, 1.807) is 40.1 Å². The monoisotopic (exact) mass is 356 g/mol. The molecule has 3 rings (SSSR count). The first-order valence-corrected chi connectivity index (χ1v) is 8.60. The number of nitrogens with zero attached hydrogens (tertiary/aromatic N) is 2. The Kier molecular flexibility index (Phi) is 5.84. The highest BCUT2D eigenvalue weighted by Crippen LogP contribution is 2.12. The van der Waals surface area contributed by atoms with Crippen LogP contribution in [0.1, 0.15) is 5.56 Å². The number of hydrogen-bond donors (Lipinski definition) is 0. The molecule has 1 aliphatic rings. The van der Waals surface area contributed by atoms with Crippen LogP contribution in [0.2, 0.25) is 0 Å². The van der Waals surface area contributed by atoms with Gasteiger partial charge in [0.05, 0.1) is 6.42 Å². The molecule has 0 aliphatic carbocycles. The number of benzene rings is 2. The minimum atomic E-state index is -0.368. The van der Waals surface area contributed by atoms with Gasteiger partial charge in [0.2, 0.25) is 5.91 Å². The van der Waals surface area contributed by atoms with E-state index in [1.807, 2.05) is 18.2 Å². The summed E-state index contributed by atoms with van der Waals surface area (Å²) in [6.07, 6.45) is 0.0394. The molecule has 1 heterocycles. The van der Waals surface area contributed by atoms with E-state index in [1.165, 1.54) is 6.07 Å². The third-order valence-corrected chi connectivity index (χ3v) is 4.39. The second kappa shape index (κ2) is 8.47. The number of ether oxygens (including phenoxy) is 1. The molecule has 0 unspecified atom stereocenters. The van der Waals surface area contributed by atoms with Gasteiger partial charge in [-0.2, -0.15) is 0 Å². The van der Waals surface area contributed by atoms with E-state index in [-0.39, 0.29) is 30.7 Å². The molecule has 2 aromatic rings. The predicted molar refractivity (Wildman–Crippen MR) is 95.2 cm³/mol. The van der Waals surface area contributed by atoms with Gasteiger partial charge in [0.1, 0.15) is 11.6 Å². The highest BCUT2D eigenvalue weighted by atomic mass is 19.1. The van der Waals surface area contributed by atoms with Crippen molar-refractivity contribution in [1.29, 1.82) is 0 Å². The third-order valence-electron chi connectivity index (χ3n) is 4.39. The van der Waals surface area contributed by atoms with Crippen molar-refractivity contribution in [2.45, 2.75) is 6.42 Å². The number of rotatable bonds is 5. The van der Waals surface area contributed by atoms with Crippen LogP contribution in [0.5, 0.6) is 5.75 Å². The molecule has 0 spiro atoms. The lowest BCUT2D eigenvalue weighted by Crippen LogP contribution is -2.52. The Labute approximate surface area is 152 Å². The molecule has 5 nitrogen and oxygen atoms in total. The van der Waals surface area contributed by atoms with Crippen LogP contribution in [0.15, 0.2) is 54.6 Å². The normalized spacial score (nSPS) is 14.2. The average Bonchev–Trinajstić information content (AvgIpc) is 2.69. The number of halogens is 1. The molecule has 136 valence electrons. The largest absolute Gasteiger partial charge is 0.484 e. The smallest absolute Gasteiger partial charge is 0.260 e. The first-order valence-electron chi connectivity index (χ1n) is 8.60. The standard InChI is InChI=1S/C20H21FN2O3/c21-18-9-5-4-6-16(18)14-19(24)22-10-12-23(13-11-22)20(25)15-26-17-7-2-1-3-8-17/h1-9H,10-15H2. The van der Waals surface area contributed by atoms with Crippen molar-refractivity contribution in [3.8, 4) is 5.75 Å². The third kappa shape index (κ3) is 4.59. The minimum Gasteiger partial charge on any atom is -0.484 e. The quantitative estimate of drug-likeness (QED) is 0.825. The summed E-state index contributed by atoms with van der Waals surface area (Å²) in [6.45, 7) is 1.79. The van der Waals surface area contributed by atoms with Gasteiger partial charge in [0.25, 0.3) is 5.91 Å². The van der Waals surface area contributed by atoms with E-state index in [0.717, 1.165) is 0 Å². The molecule has 0 saturated carbocycles. The number of amides is 2. The number of piperazine rings is 1. The van der Waals surface area contributed by atoms with Gasteiger partial charge in [-0.05, 0) is 23.8 Å². The van der Waals surface area contributed by atoms with Gasteiger partial charge in [-0.1, -0.05) is 36.4 Å². The van der Waals surface area contributed by atoms with Crippen molar-refractivity contribution in [2.24, 2.45) is 0 Å². The SMILES string of the molecule is O=C(COc1ccccc1)N1CCN(C(=O)Cc2ccccc2F)CC1. The maximum Gasteiger partial charge on any atom is 0.260 e. The lowest BCUT2D eigenvalue weighted by molar-refractivity contribution is -0.140. The number of carbonyl (C=O) groups excluding carboxylic acids is 2. The molecule has 0 N–H and O–H groups in total. The average molecular weight is 356 g/mol. The lowest BCUT2D eigenvalue weighted by atomic mass is 10.1. The van der Waals surface area contributed by atoms with Crippen molar-refractivity contribution < 1.29 is 18.7 Å². The minimum absolute atomic E-state index is 0.0206. The topological polar surface area (TPSA) is 49.9 Å². The second-order valence-electron chi connectivity index (χ2n) is 6.13. The zero-order valence-corrected chi connectivity index (χ0v) is 14.4. The first kappa shape index (κ1) is 17.9. The maximum absolute atomic E-state index is 13.7. The summed E-state index contributed by atoms with van der Waals surface area (Å²) in [5.74, 6) is 0.0602. The molecule has 26 heavy (non-hydrogen) atoms. The van der Waals surface area contributed by atoms with Crippen LogP contribution in [0, 0.1) is 5.82 Å². The summed E-state index contributed by atoms with van der Waals surface area (Å²) in [7, 11) is 0. The molecule has 0 radical (unpaired) electrons. The lowest BCUT2D eigenvalue weighted by Gasteiger charge is -2.34. The number of hydrogen-bond acceptors (Lipinski definition) is 3. The van der Waals surface area contributed by atoms with Gasteiger partial charge in [-0.25, -0.2) is 4.39 Å². The highest BCUT2D eigenvalue weighted by molar-refractivity contribution is 5.80.